The van der Waals surface area contributed by atoms with Gasteiger partial charge < -0.3 is 10.6 Å². The lowest BCUT2D eigenvalue weighted by molar-refractivity contribution is 0.135. The van der Waals surface area contributed by atoms with Gasteiger partial charge in [0.25, 0.3) is 0 Å². The van der Waals surface area contributed by atoms with Crippen LogP contribution in [0.2, 0.25) is 0 Å². The average Bonchev–Trinajstić information content (AvgIpc) is 3.31. The van der Waals surface area contributed by atoms with E-state index >= 15 is 0 Å². The number of fused-ring (bicyclic) bond motifs is 2. The van der Waals surface area contributed by atoms with Crippen LogP contribution < -0.4 is 10.6 Å². The molecule has 0 amide bonds. The van der Waals surface area contributed by atoms with Crippen LogP contribution in [0.25, 0.3) is 11.3 Å². The van der Waals surface area contributed by atoms with Gasteiger partial charge in [-0.05, 0) is 44.7 Å². The summed E-state index contributed by atoms with van der Waals surface area (Å²) in [5.41, 5.74) is 2.72. The maximum Gasteiger partial charge on any atom is 0.225 e. The topological polar surface area (TPSA) is 118 Å². The van der Waals surface area contributed by atoms with Gasteiger partial charge in [0, 0.05) is 66.9 Å². The number of hydrogen-bond donors (Lipinski definition) is 3. The van der Waals surface area contributed by atoms with Gasteiger partial charge in [0.1, 0.15) is 5.82 Å². The Morgan fingerprint density at radius 3 is 2.72 bits per heavy atom. The monoisotopic (exact) mass is 429 g/mol. The maximum absolute atomic E-state index is 8.97. The third-order valence-electron chi connectivity index (χ3n) is 6.34. The lowest BCUT2D eigenvalue weighted by atomic mass is 9.97. The first-order chi connectivity index (χ1) is 15.7. The van der Waals surface area contributed by atoms with E-state index in [1.165, 1.54) is 12.8 Å². The zero-order valence-corrected chi connectivity index (χ0v) is 18.1. The molecule has 2 atom stereocenters. The molecule has 2 aliphatic rings. The molecule has 2 saturated heterocycles. The second kappa shape index (κ2) is 8.93. The summed E-state index contributed by atoms with van der Waals surface area (Å²) in [6, 6.07) is 11.4. The molecule has 32 heavy (non-hydrogen) atoms. The summed E-state index contributed by atoms with van der Waals surface area (Å²) in [4.78, 5) is 16.3. The molecule has 3 aromatic rings. The molecule has 9 heteroatoms. The zero-order valence-electron chi connectivity index (χ0n) is 18.1. The first kappa shape index (κ1) is 20.4. The molecule has 5 heterocycles. The van der Waals surface area contributed by atoms with Crippen molar-refractivity contribution in [3.63, 3.8) is 0 Å². The molecule has 5 rings (SSSR count). The Morgan fingerprint density at radius 2 is 2.03 bits per heavy atom. The predicted octanol–water partition coefficient (Wildman–Crippen LogP) is 3.63. The Bertz CT molecular complexity index is 1090. The van der Waals surface area contributed by atoms with Gasteiger partial charge >= 0.3 is 0 Å². The molecule has 0 aliphatic carbocycles. The van der Waals surface area contributed by atoms with Crippen LogP contribution in [0.15, 0.2) is 36.7 Å². The minimum absolute atomic E-state index is 0.315. The third kappa shape index (κ3) is 4.41. The van der Waals surface area contributed by atoms with E-state index in [4.69, 9.17) is 15.2 Å². The summed E-state index contributed by atoms with van der Waals surface area (Å²) >= 11 is 0. The normalized spacial score (nSPS) is 22.4. The van der Waals surface area contributed by atoms with Crippen molar-refractivity contribution in [3.05, 3.63) is 42.4 Å². The molecule has 0 saturated carbocycles. The van der Waals surface area contributed by atoms with E-state index in [-0.39, 0.29) is 0 Å². The molecule has 9 nitrogen and oxygen atoms in total. The van der Waals surface area contributed by atoms with Gasteiger partial charge in [0.2, 0.25) is 5.95 Å². The van der Waals surface area contributed by atoms with Gasteiger partial charge in [-0.25, -0.2) is 4.98 Å². The third-order valence-corrected chi connectivity index (χ3v) is 6.34. The van der Waals surface area contributed by atoms with Crippen molar-refractivity contribution in [3.8, 4) is 17.3 Å². The van der Waals surface area contributed by atoms with Crippen LogP contribution in [0.1, 0.15) is 37.8 Å². The number of rotatable bonds is 7. The van der Waals surface area contributed by atoms with Gasteiger partial charge in [-0.2, -0.15) is 15.3 Å². The first-order valence-electron chi connectivity index (χ1n) is 11.2. The summed E-state index contributed by atoms with van der Waals surface area (Å²) in [5, 5.41) is 23.1. The Balaban J connectivity index is 1.37. The smallest absolute Gasteiger partial charge is 0.225 e. The quantitative estimate of drug-likeness (QED) is 0.521. The van der Waals surface area contributed by atoms with Crippen LogP contribution >= 0.6 is 0 Å². The fourth-order valence-electron chi connectivity index (χ4n) is 4.97. The lowest BCUT2D eigenvalue weighted by Gasteiger charge is -2.38. The van der Waals surface area contributed by atoms with Crippen molar-refractivity contribution in [2.45, 2.75) is 57.2 Å². The summed E-state index contributed by atoms with van der Waals surface area (Å²) < 4.78 is 0. The van der Waals surface area contributed by atoms with Gasteiger partial charge in [-0.3, -0.25) is 15.0 Å². The number of hydrogen-bond acceptors (Lipinski definition) is 8. The summed E-state index contributed by atoms with van der Waals surface area (Å²) in [5.74, 6) is 2.01. The fourth-order valence-corrected chi connectivity index (χ4v) is 4.97. The van der Waals surface area contributed by atoms with E-state index in [1.807, 2.05) is 37.4 Å². The number of nitrogens with zero attached hydrogens (tertiary/aromatic N) is 6. The summed E-state index contributed by atoms with van der Waals surface area (Å²) in [6.45, 7) is 2.84. The molecule has 0 radical (unpaired) electrons. The number of aryl methyl sites for hydroxylation is 1. The van der Waals surface area contributed by atoms with Crippen LogP contribution in [0.3, 0.4) is 0 Å². The minimum atomic E-state index is 0.315. The molecule has 2 unspecified atom stereocenters. The molecule has 3 aromatic heterocycles. The zero-order chi connectivity index (χ0) is 21.9. The second-order valence-corrected chi connectivity index (χ2v) is 8.61. The molecule has 164 valence electrons. The molecule has 2 bridgehead atoms. The standard InChI is InChI=1S/C23H27N9/c1-15-10-22(31-30-15)28-21-13-20(16-4-2-8-25-14-16)27-23(29-21)26-17-11-18-5-6-19(12-17)32(18)9-3-7-24/h2,4,8,10,13-14,17-19H,3,5-6,9,11-12H2,1H3,(H3,26,27,28,29,30,31). The number of pyridine rings is 1. The van der Waals surface area contributed by atoms with Crippen molar-refractivity contribution in [2.24, 2.45) is 0 Å². The minimum Gasteiger partial charge on any atom is -0.351 e. The van der Waals surface area contributed by atoms with E-state index in [1.54, 1.807) is 6.20 Å². The van der Waals surface area contributed by atoms with Gasteiger partial charge in [0.05, 0.1) is 11.8 Å². The molecular formula is C23H27N9. The second-order valence-electron chi connectivity index (χ2n) is 8.61. The summed E-state index contributed by atoms with van der Waals surface area (Å²) in [6.07, 6.45) is 8.66. The molecule has 2 aliphatic heterocycles. The van der Waals surface area contributed by atoms with Crippen LogP contribution in [0.5, 0.6) is 0 Å². The van der Waals surface area contributed by atoms with E-state index in [0.717, 1.165) is 36.3 Å². The molecule has 3 N–H and O–H groups in total. The number of H-pyrrole nitrogens is 1. The van der Waals surface area contributed by atoms with Crippen molar-refractivity contribution in [1.82, 2.24) is 30.0 Å². The van der Waals surface area contributed by atoms with Gasteiger partial charge in [-0.15, -0.1) is 0 Å². The Kier molecular flexibility index (Phi) is 5.69. The van der Waals surface area contributed by atoms with E-state index in [0.29, 0.717) is 42.1 Å². The maximum atomic E-state index is 8.97. The van der Waals surface area contributed by atoms with Gasteiger partial charge in [-0.1, -0.05) is 0 Å². The highest BCUT2D eigenvalue weighted by molar-refractivity contribution is 5.66. The highest BCUT2D eigenvalue weighted by Gasteiger charge is 2.40. The lowest BCUT2D eigenvalue weighted by Crippen LogP contribution is -2.47. The van der Waals surface area contributed by atoms with Crippen molar-refractivity contribution >= 4 is 17.6 Å². The largest absolute Gasteiger partial charge is 0.351 e. The number of aromatic amines is 1. The molecular weight excluding hydrogens is 402 g/mol. The van der Waals surface area contributed by atoms with Crippen LogP contribution in [0.4, 0.5) is 17.6 Å². The highest BCUT2D eigenvalue weighted by atomic mass is 15.3. The highest BCUT2D eigenvalue weighted by Crippen LogP contribution is 2.36. The predicted molar refractivity (Wildman–Crippen MR) is 122 cm³/mol. The van der Waals surface area contributed by atoms with E-state index < -0.39 is 0 Å². The molecule has 0 aromatic carbocycles. The number of nitrogens with one attached hydrogen (secondary N) is 3. The number of nitriles is 1. The van der Waals surface area contributed by atoms with Crippen LogP contribution in [0, 0.1) is 18.3 Å². The number of anilines is 3. The SMILES string of the molecule is Cc1cc(Nc2cc(-c3cccnc3)nc(NC3CC4CCC(C3)N4CCC#N)n2)n[nH]1. The Hall–Kier alpha value is -3.51. The van der Waals surface area contributed by atoms with Crippen LogP contribution in [-0.2, 0) is 0 Å². The Morgan fingerprint density at radius 1 is 1.19 bits per heavy atom. The van der Waals surface area contributed by atoms with E-state index in [9.17, 15) is 0 Å². The van der Waals surface area contributed by atoms with Crippen molar-refractivity contribution in [2.75, 3.05) is 17.2 Å². The van der Waals surface area contributed by atoms with Gasteiger partial charge in [0.15, 0.2) is 5.82 Å². The molecule has 0 spiro atoms. The molecule has 2 fully saturated rings. The first-order valence-corrected chi connectivity index (χ1v) is 11.2. The Labute approximate surface area is 187 Å². The number of aromatic nitrogens is 5. The van der Waals surface area contributed by atoms with Crippen molar-refractivity contribution < 1.29 is 0 Å². The van der Waals surface area contributed by atoms with Crippen LogP contribution in [-0.4, -0.2) is 54.7 Å². The summed E-state index contributed by atoms with van der Waals surface area (Å²) in [7, 11) is 0. The van der Waals surface area contributed by atoms with E-state index in [2.05, 4.69) is 36.8 Å². The van der Waals surface area contributed by atoms with Crippen molar-refractivity contribution in [1.29, 1.82) is 5.26 Å². The fraction of sp³-hybridized carbons (Fsp3) is 0.435. The number of piperidine rings is 1. The average molecular weight is 430 g/mol.